The molecule has 1 unspecified atom stereocenters. The van der Waals surface area contributed by atoms with Crippen molar-refractivity contribution in [3.63, 3.8) is 0 Å². The van der Waals surface area contributed by atoms with Gasteiger partial charge in [-0.2, -0.15) is 0 Å². The first-order chi connectivity index (χ1) is 11.0. The Morgan fingerprint density at radius 2 is 2.17 bits per heavy atom. The molecule has 122 valence electrons. The maximum absolute atomic E-state index is 12.8. The molecule has 0 aliphatic carbocycles. The highest BCUT2D eigenvalue weighted by molar-refractivity contribution is 7.98. The monoisotopic (exact) mass is 347 g/mol. The quantitative estimate of drug-likeness (QED) is 0.706. The zero-order chi connectivity index (χ0) is 17.0. The molecule has 1 amide bonds. The normalized spacial score (nSPS) is 18.0. The molecule has 23 heavy (non-hydrogen) atoms. The van der Waals surface area contributed by atoms with Crippen molar-refractivity contribution in [3.8, 4) is 0 Å². The first kappa shape index (κ1) is 17.9. The van der Waals surface area contributed by atoms with Crippen molar-refractivity contribution < 1.29 is 4.79 Å². The van der Waals surface area contributed by atoms with Crippen molar-refractivity contribution in [1.82, 2.24) is 4.90 Å². The summed E-state index contributed by atoms with van der Waals surface area (Å²) in [7, 11) is 0. The third-order valence-corrected chi connectivity index (χ3v) is 5.50. The minimum absolute atomic E-state index is 0.0157. The Hall–Kier alpha value is -1.45. The number of thioether (sulfide) groups is 1. The molecule has 1 aliphatic rings. The molecular weight excluding hydrogens is 326 g/mol. The van der Waals surface area contributed by atoms with E-state index in [-0.39, 0.29) is 11.9 Å². The maximum Gasteiger partial charge on any atom is 0.227 e. The molecule has 1 heterocycles. The van der Waals surface area contributed by atoms with Gasteiger partial charge in [0.1, 0.15) is 0 Å². The number of carbonyl (C=O) groups excluding carboxylic acids is 1. The number of allylic oxidation sites excluding steroid dienone is 1. The van der Waals surface area contributed by atoms with Crippen molar-refractivity contribution in [1.29, 1.82) is 0 Å². The van der Waals surface area contributed by atoms with Gasteiger partial charge in [-0.3, -0.25) is 4.79 Å². The van der Waals surface area contributed by atoms with E-state index in [1.807, 2.05) is 48.4 Å². The van der Waals surface area contributed by atoms with Gasteiger partial charge in [0.05, 0.1) is 12.5 Å². The third kappa shape index (κ3) is 3.73. The molecule has 2 rings (SSSR count). The van der Waals surface area contributed by atoms with Gasteiger partial charge >= 0.3 is 0 Å². The van der Waals surface area contributed by atoms with Crippen LogP contribution in [0.4, 0.5) is 0 Å². The SMILES string of the molecule is C=CC1=C(C=C)C(C)N(C(=O)Cc2c(Cl)cccc2SC)CC1. The lowest BCUT2D eigenvalue weighted by Crippen LogP contribution is -2.44. The first-order valence-electron chi connectivity index (χ1n) is 7.62. The van der Waals surface area contributed by atoms with Gasteiger partial charge in [-0.05, 0) is 48.4 Å². The van der Waals surface area contributed by atoms with E-state index in [0.717, 1.165) is 22.5 Å². The number of benzene rings is 1. The number of rotatable bonds is 5. The third-order valence-electron chi connectivity index (χ3n) is 4.32. The summed E-state index contributed by atoms with van der Waals surface area (Å²) in [6.45, 7) is 10.5. The summed E-state index contributed by atoms with van der Waals surface area (Å²) in [4.78, 5) is 15.8. The van der Waals surface area contributed by atoms with Crippen LogP contribution in [0.2, 0.25) is 5.02 Å². The van der Waals surface area contributed by atoms with Gasteiger partial charge in [-0.25, -0.2) is 0 Å². The lowest BCUT2D eigenvalue weighted by Gasteiger charge is -2.36. The highest BCUT2D eigenvalue weighted by atomic mass is 35.5. The van der Waals surface area contributed by atoms with E-state index in [1.54, 1.807) is 11.8 Å². The van der Waals surface area contributed by atoms with Crippen LogP contribution in [0, 0.1) is 0 Å². The molecule has 0 spiro atoms. The molecule has 0 N–H and O–H groups in total. The molecule has 1 aromatic carbocycles. The Labute approximate surface area is 147 Å². The summed E-state index contributed by atoms with van der Waals surface area (Å²) in [5, 5.41) is 0.654. The van der Waals surface area contributed by atoms with Crippen molar-refractivity contribution in [2.24, 2.45) is 0 Å². The van der Waals surface area contributed by atoms with E-state index >= 15 is 0 Å². The average Bonchev–Trinajstić information content (AvgIpc) is 2.55. The van der Waals surface area contributed by atoms with Gasteiger partial charge in [0, 0.05) is 16.5 Å². The highest BCUT2D eigenvalue weighted by Crippen LogP contribution is 2.30. The Balaban J connectivity index is 2.24. The van der Waals surface area contributed by atoms with Crippen LogP contribution in [-0.2, 0) is 11.2 Å². The molecule has 0 saturated heterocycles. The van der Waals surface area contributed by atoms with Crippen molar-refractivity contribution in [2.45, 2.75) is 30.7 Å². The predicted octanol–water partition coefficient (Wildman–Crippen LogP) is 4.89. The van der Waals surface area contributed by atoms with E-state index < -0.39 is 0 Å². The molecule has 1 aliphatic heterocycles. The number of hydrogen-bond acceptors (Lipinski definition) is 2. The van der Waals surface area contributed by atoms with Crippen LogP contribution in [-0.4, -0.2) is 29.6 Å². The summed E-state index contributed by atoms with van der Waals surface area (Å²) < 4.78 is 0. The van der Waals surface area contributed by atoms with Gasteiger partial charge in [-0.15, -0.1) is 11.8 Å². The molecule has 1 aromatic rings. The van der Waals surface area contributed by atoms with Crippen LogP contribution < -0.4 is 0 Å². The van der Waals surface area contributed by atoms with E-state index in [1.165, 1.54) is 5.57 Å². The Kier molecular flexibility index (Phi) is 6.14. The molecule has 0 aromatic heterocycles. The van der Waals surface area contributed by atoms with E-state index in [9.17, 15) is 4.79 Å². The van der Waals surface area contributed by atoms with Gasteiger partial charge < -0.3 is 4.90 Å². The lowest BCUT2D eigenvalue weighted by molar-refractivity contribution is -0.132. The van der Waals surface area contributed by atoms with Crippen LogP contribution in [0.1, 0.15) is 18.9 Å². The van der Waals surface area contributed by atoms with Gasteiger partial charge in [-0.1, -0.05) is 43.0 Å². The maximum atomic E-state index is 12.8. The van der Waals surface area contributed by atoms with Crippen LogP contribution >= 0.6 is 23.4 Å². The molecule has 4 heteroatoms. The summed E-state index contributed by atoms with van der Waals surface area (Å²) in [6, 6.07) is 5.78. The Bertz CT molecular complexity index is 665. The Morgan fingerprint density at radius 3 is 2.78 bits per heavy atom. The zero-order valence-corrected chi connectivity index (χ0v) is 15.2. The second kappa shape index (κ2) is 7.89. The fourth-order valence-electron chi connectivity index (χ4n) is 3.03. The van der Waals surface area contributed by atoms with Crippen molar-refractivity contribution >= 4 is 29.3 Å². The summed E-state index contributed by atoms with van der Waals surface area (Å²) in [5.74, 6) is 0.100. The van der Waals surface area contributed by atoms with Gasteiger partial charge in [0.25, 0.3) is 0 Å². The standard InChI is InChI=1S/C19H22ClNOS/c1-5-14-10-11-21(13(3)15(14)6-2)19(22)12-16-17(20)8-7-9-18(16)23-4/h5-9,13H,1-2,10-12H2,3-4H3. The van der Waals surface area contributed by atoms with Crippen LogP contribution in [0.5, 0.6) is 0 Å². The summed E-state index contributed by atoms with van der Waals surface area (Å²) in [6.07, 6.45) is 6.85. The number of nitrogens with zero attached hydrogens (tertiary/aromatic N) is 1. The number of amides is 1. The lowest BCUT2D eigenvalue weighted by atomic mass is 9.93. The minimum Gasteiger partial charge on any atom is -0.335 e. The molecule has 0 radical (unpaired) electrons. The minimum atomic E-state index is 0.0157. The van der Waals surface area contributed by atoms with E-state index in [0.29, 0.717) is 18.0 Å². The van der Waals surface area contributed by atoms with Crippen molar-refractivity contribution in [3.05, 3.63) is 65.2 Å². The molecule has 1 atom stereocenters. The second-order valence-corrected chi connectivity index (χ2v) is 6.75. The van der Waals surface area contributed by atoms with Crippen LogP contribution in [0.3, 0.4) is 0 Å². The highest BCUT2D eigenvalue weighted by Gasteiger charge is 2.28. The Morgan fingerprint density at radius 1 is 1.43 bits per heavy atom. The molecular formula is C19H22ClNOS. The topological polar surface area (TPSA) is 20.3 Å². The fourth-order valence-corrected chi connectivity index (χ4v) is 3.97. The predicted molar refractivity (Wildman–Crippen MR) is 100 cm³/mol. The average molecular weight is 348 g/mol. The first-order valence-corrected chi connectivity index (χ1v) is 9.22. The number of carbonyl (C=O) groups is 1. The number of hydrogen-bond donors (Lipinski definition) is 0. The summed E-state index contributed by atoms with van der Waals surface area (Å²) >= 11 is 7.92. The largest absolute Gasteiger partial charge is 0.335 e. The second-order valence-electron chi connectivity index (χ2n) is 5.50. The molecule has 2 nitrogen and oxygen atoms in total. The van der Waals surface area contributed by atoms with Crippen molar-refractivity contribution in [2.75, 3.05) is 12.8 Å². The van der Waals surface area contributed by atoms with Gasteiger partial charge in [0.15, 0.2) is 0 Å². The van der Waals surface area contributed by atoms with Crippen LogP contribution in [0.25, 0.3) is 0 Å². The van der Waals surface area contributed by atoms with Crippen LogP contribution in [0.15, 0.2) is 59.6 Å². The fraction of sp³-hybridized carbons (Fsp3) is 0.316. The zero-order valence-electron chi connectivity index (χ0n) is 13.6. The van der Waals surface area contributed by atoms with E-state index in [2.05, 4.69) is 13.2 Å². The van der Waals surface area contributed by atoms with Gasteiger partial charge in [0.2, 0.25) is 5.91 Å². The molecule has 0 bridgehead atoms. The number of halogens is 1. The molecule has 0 saturated carbocycles. The molecule has 0 fully saturated rings. The summed E-state index contributed by atoms with van der Waals surface area (Å²) in [5.41, 5.74) is 3.18. The van der Waals surface area contributed by atoms with E-state index in [4.69, 9.17) is 11.6 Å². The smallest absolute Gasteiger partial charge is 0.227 e.